The smallest absolute Gasteiger partial charge is 0.243 e. The third-order valence-electron chi connectivity index (χ3n) is 3.66. The number of sulfonamides is 1. The van der Waals surface area contributed by atoms with Crippen LogP contribution in [0.25, 0.3) is 0 Å². The maximum absolute atomic E-state index is 12.8. The molecule has 0 spiro atoms. The van der Waals surface area contributed by atoms with E-state index in [2.05, 4.69) is 21.2 Å². The van der Waals surface area contributed by atoms with Crippen LogP contribution in [-0.2, 0) is 10.0 Å². The van der Waals surface area contributed by atoms with E-state index < -0.39 is 10.0 Å². The third-order valence-corrected chi connectivity index (χ3v) is 6.09. The largest absolute Gasteiger partial charge is 0.497 e. The van der Waals surface area contributed by atoms with Gasteiger partial charge in [-0.2, -0.15) is 4.31 Å². The minimum atomic E-state index is -3.52. The molecule has 1 heterocycles. The van der Waals surface area contributed by atoms with E-state index >= 15 is 0 Å². The molecule has 1 aliphatic heterocycles. The second-order valence-corrected chi connectivity index (χ2v) is 7.73. The fourth-order valence-corrected chi connectivity index (χ4v) is 4.69. The number of ether oxygens (including phenoxy) is 1. The summed E-state index contributed by atoms with van der Waals surface area (Å²) in [4.78, 5) is 0.254. The van der Waals surface area contributed by atoms with Crippen molar-refractivity contribution < 1.29 is 13.2 Å². The maximum Gasteiger partial charge on any atom is 0.243 e. The molecule has 1 saturated heterocycles. The van der Waals surface area contributed by atoms with Crippen molar-refractivity contribution in [2.75, 3.05) is 20.2 Å². The SMILES string of the molecule is COc1cc(Br)cc(S(=O)(=O)N2CCNC(C)C2C)c1. The number of benzene rings is 1. The van der Waals surface area contributed by atoms with Crippen molar-refractivity contribution in [2.45, 2.75) is 30.8 Å². The number of rotatable bonds is 3. The predicted molar refractivity (Wildman–Crippen MR) is 81.5 cm³/mol. The Bertz CT molecular complexity index is 591. The molecule has 1 aliphatic rings. The number of nitrogens with zero attached hydrogens (tertiary/aromatic N) is 1. The van der Waals surface area contributed by atoms with E-state index in [-0.39, 0.29) is 17.0 Å². The average molecular weight is 363 g/mol. The van der Waals surface area contributed by atoms with E-state index in [4.69, 9.17) is 4.74 Å². The Morgan fingerprint density at radius 1 is 1.35 bits per heavy atom. The summed E-state index contributed by atoms with van der Waals surface area (Å²) in [6, 6.07) is 4.95. The average Bonchev–Trinajstić information content (AvgIpc) is 2.40. The summed E-state index contributed by atoms with van der Waals surface area (Å²) in [6.45, 7) is 5.05. The van der Waals surface area contributed by atoms with E-state index in [9.17, 15) is 8.42 Å². The number of hydrogen-bond donors (Lipinski definition) is 1. The highest BCUT2D eigenvalue weighted by atomic mass is 79.9. The minimum Gasteiger partial charge on any atom is -0.497 e. The van der Waals surface area contributed by atoms with E-state index in [1.165, 1.54) is 7.11 Å². The Kier molecular flexibility index (Phi) is 4.73. The molecule has 0 radical (unpaired) electrons. The molecule has 0 saturated carbocycles. The summed E-state index contributed by atoms with van der Waals surface area (Å²) in [7, 11) is -1.99. The van der Waals surface area contributed by atoms with Crippen LogP contribution in [0.1, 0.15) is 13.8 Å². The van der Waals surface area contributed by atoms with Gasteiger partial charge in [0.05, 0.1) is 12.0 Å². The van der Waals surface area contributed by atoms with E-state index in [0.29, 0.717) is 23.3 Å². The molecular formula is C13H19BrN2O3S. The van der Waals surface area contributed by atoms with Gasteiger partial charge in [0.1, 0.15) is 5.75 Å². The lowest BCUT2D eigenvalue weighted by Gasteiger charge is -2.37. The van der Waals surface area contributed by atoms with E-state index in [0.717, 1.165) is 0 Å². The first-order valence-corrected chi connectivity index (χ1v) is 8.69. The zero-order chi connectivity index (χ0) is 14.9. The molecule has 0 amide bonds. The van der Waals surface area contributed by atoms with Gasteiger partial charge in [0, 0.05) is 35.7 Å². The van der Waals surface area contributed by atoms with Crippen LogP contribution in [-0.4, -0.2) is 45.0 Å². The summed E-state index contributed by atoms with van der Waals surface area (Å²) in [5, 5.41) is 3.28. The summed E-state index contributed by atoms with van der Waals surface area (Å²) in [5.74, 6) is 0.522. The van der Waals surface area contributed by atoms with Gasteiger partial charge in [-0.1, -0.05) is 15.9 Å². The Morgan fingerprint density at radius 3 is 2.70 bits per heavy atom. The quantitative estimate of drug-likeness (QED) is 0.890. The predicted octanol–water partition coefficient (Wildman–Crippen LogP) is 1.83. The van der Waals surface area contributed by atoms with Crippen LogP contribution in [0.15, 0.2) is 27.6 Å². The number of methoxy groups -OCH3 is 1. The Hall–Kier alpha value is -0.630. The van der Waals surface area contributed by atoms with Gasteiger partial charge in [-0.15, -0.1) is 0 Å². The van der Waals surface area contributed by atoms with Gasteiger partial charge in [-0.25, -0.2) is 8.42 Å². The molecule has 2 unspecified atom stereocenters. The second kappa shape index (κ2) is 6.01. The molecule has 1 fully saturated rings. The molecule has 0 aliphatic carbocycles. The topological polar surface area (TPSA) is 58.6 Å². The van der Waals surface area contributed by atoms with E-state index in [1.807, 2.05) is 13.8 Å². The van der Waals surface area contributed by atoms with Crippen LogP contribution in [0, 0.1) is 0 Å². The van der Waals surface area contributed by atoms with Gasteiger partial charge in [0.25, 0.3) is 0 Å². The van der Waals surface area contributed by atoms with Gasteiger partial charge in [0.15, 0.2) is 0 Å². The third kappa shape index (κ3) is 3.00. The number of halogens is 1. The van der Waals surface area contributed by atoms with Gasteiger partial charge in [-0.3, -0.25) is 0 Å². The summed E-state index contributed by atoms with van der Waals surface area (Å²) >= 11 is 3.32. The van der Waals surface area contributed by atoms with Crippen LogP contribution >= 0.6 is 15.9 Å². The zero-order valence-corrected chi connectivity index (χ0v) is 14.2. The van der Waals surface area contributed by atoms with Gasteiger partial charge in [-0.05, 0) is 26.0 Å². The molecule has 20 heavy (non-hydrogen) atoms. The van der Waals surface area contributed by atoms with Crippen molar-refractivity contribution in [3.05, 3.63) is 22.7 Å². The normalized spacial score (nSPS) is 24.6. The number of nitrogens with one attached hydrogen (secondary N) is 1. The van der Waals surface area contributed by atoms with Gasteiger partial charge >= 0.3 is 0 Å². The molecule has 2 rings (SSSR count). The molecule has 0 bridgehead atoms. The molecule has 1 aromatic carbocycles. The first-order valence-electron chi connectivity index (χ1n) is 6.46. The van der Waals surface area contributed by atoms with Crippen molar-refractivity contribution in [1.29, 1.82) is 0 Å². The maximum atomic E-state index is 12.8. The van der Waals surface area contributed by atoms with Crippen LogP contribution in [0.2, 0.25) is 0 Å². The number of hydrogen-bond acceptors (Lipinski definition) is 4. The van der Waals surface area contributed by atoms with Crippen LogP contribution in [0.4, 0.5) is 0 Å². The lowest BCUT2D eigenvalue weighted by atomic mass is 10.1. The molecule has 5 nitrogen and oxygen atoms in total. The highest BCUT2D eigenvalue weighted by molar-refractivity contribution is 9.10. The molecule has 112 valence electrons. The van der Waals surface area contributed by atoms with Gasteiger partial charge < -0.3 is 10.1 Å². The Labute approximate surface area is 128 Å². The Morgan fingerprint density at radius 2 is 2.05 bits per heavy atom. The van der Waals surface area contributed by atoms with Crippen molar-refractivity contribution in [3.63, 3.8) is 0 Å². The van der Waals surface area contributed by atoms with Gasteiger partial charge in [0.2, 0.25) is 10.0 Å². The molecule has 2 atom stereocenters. The summed E-state index contributed by atoms with van der Waals surface area (Å²) in [5.41, 5.74) is 0. The molecule has 1 N–H and O–H groups in total. The van der Waals surface area contributed by atoms with Crippen molar-refractivity contribution in [3.8, 4) is 5.75 Å². The molecular weight excluding hydrogens is 344 g/mol. The minimum absolute atomic E-state index is 0.0845. The fourth-order valence-electron chi connectivity index (χ4n) is 2.30. The first-order chi connectivity index (χ1) is 9.36. The lowest BCUT2D eigenvalue weighted by molar-refractivity contribution is 0.233. The van der Waals surface area contributed by atoms with E-state index in [1.54, 1.807) is 22.5 Å². The lowest BCUT2D eigenvalue weighted by Crippen LogP contribution is -2.57. The highest BCUT2D eigenvalue weighted by Gasteiger charge is 2.34. The van der Waals surface area contributed by atoms with Crippen molar-refractivity contribution in [1.82, 2.24) is 9.62 Å². The molecule has 1 aromatic rings. The highest BCUT2D eigenvalue weighted by Crippen LogP contribution is 2.28. The van der Waals surface area contributed by atoms with Crippen molar-refractivity contribution >= 4 is 26.0 Å². The molecule has 7 heteroatoms. The molecule has 0 aromatic heterocycles. The van der Waals surface area contributed by atoms with Crippen molar-refractivity contribution in [2.24, 2.45) is 0 Å². The fraction of sp³-hybridized carbons (Fsp3) is 0.538. The second-order valence-electron chi connectivity index (χ2n) is 4.93. The summed E-state index contributed by atoms with van der Waals surface area (Å²) < 4.78 is 32.9. The monoisotopic (exact) mass is 362 g/mol. The van der Waals surface area contributed by atoms with Crippen LogP contribution in [0.5, 0.6) is 5.75 Å². The number of piperazine rings is 1. The summed E-state index contributed by atoms with van der Waals surface area (Å²) in [6.07, 6.45) is 0. The zero-order valence-electron chi connectivity index (χ0n) is 11.8. The Balaban J connectivity index is 2.41. The van der Waals surface area contributed by atoms with Crippen LogP contribution in [0.3, 0.4) is 0 Å². The standard InChI is InChI=1S/C13H19BrN2O3S/c1-9-10(2)16(5-4-15-9)20(17,18)13-7-11(14)6-12(8-13)19-3/h6-10,15H,4-5H2,1-3H3. The van der Waals surface area contributed by atoms with Crippen LogP contribution < -0.4 is 10.1 Å². The first kappa shape index (κ1) is 15.8.